The molecule has 2 atom stereocenters. The minimum atomic E-state index is 0.254. The number of nitrogens with two attached hydrogens (primary N) is 1. The molecule has 1 fully saturated rings. The largest absolute Gasteiger partial charge is 0.474 e. The van der Waals surface area contributed by atoms with Crippen LogP contribution in [0.4, 0.5) is 5.82 Å². The summed E-state index contributed by atoms with van der Waals surface area (Å²) in [5.41, 5.74) is 3.57. The van der Waals surface area contributed by atoms with Gasteiger partial charge in [-0.15, -0.1) is 0 Å². The van der Waals surface area contributed by atoms with Gasteiger partial charge in [0.15, 0.2) is 0 Å². The quantitative estimate of drug-likeness (QED) is 0.646. The molecule has 1 saturated carbocycles. The molecule has 1 aliphatic rings. The lowest BCUT2D eigenvalue weighted by Crippen LogP contribution is -2.29. The molecule has 5 heteroatoms. The number of hydrogen-bond donors (Lipinski definition) is 2. The number of nitrogen functional groups attached to an aromatic ring is 1. The van der Waals surface area contributed by atoms with Gasteiger partial charge >= 0.3 is 0 Å². The summed E-state index contributed by atoms with van der Waals surface area (Å²) in [6.45, 7) is 6.64. The number of hydrazine groups is 1. The van der Waals surface area contributed by atoms with E-state index in [0.29, 0.717) is 23.5 Å². The molecule has 2 unspecified atom stereocenters. The smallest absolute Gasteiger partial charge is 0.222 e. The third-order valence-corrected chi connectivity index (χ3v) is 3.81. The molecule has 0 aliphatic heterocycles. The molecule has 1 heterocycles. The Bertz CT molecular complexity index is 414. The Morgan fingerprint density at radius 1 is 1.26 bits per heavy atom. The molecule has 0 amide bonds. The lowest BCUT2D eigenvalue weighted by atomic mass is 9.82. The topological polar surface area (TPSA) is 73.1 Å². The van der Waals surface area contributed by atoms with Crippen LogP contribution < -0.4 is 16.0 Å². The zero-order valence-corrected chi connectivity index (χ0v) is 12.0. The monoisotopic (exact) mass is 264 g/mol. The molecule has 1 aliphatic carbocycles. The fourth-order valence-electron chi connectivity index (χ4n) is 3.07. The molecule has 0 bridgehead atoms. The maximum absolute atomic E-state index is 6.11. The molecule has 0 saturated heterocycles. The predicted octanol–water partition coefficient (Wildman–Crippen LogP) is 2.53. The Balaban J connectivity index is 2.14. The van der Waals surface area contributed by atoms with E-state index in [9.17, 15) is 0 Å². The van der Waals surface area contributed by atoms with Gasteiger partial charge in [0.25, 0.3) is 0 Å². The molecule has 106 valence electrons. The maximum Gasteiger partial charge on any atom is 0.222 e. The van der Waals surface area contributed by atoms with Crippen LogP contribution in [0, 0.1) is 11.8 Å². The van der Waals surface area contributed by atoms with Crippen LogP contribution in [0.25, 0.3) is 0 Å². The molecule has 0 aromatic carbocycles. The van der Waals surface area contributed by atoms with Crippen molar-refractivity contribution in [3.05, 3.63) is 11.9 Å². The van der Waals surface area contributed by atoms with E-state index in [-0.39, 0.29) is 6.10 Å². The summed E-state index contributed by atoms with van der Waals surface area (Å²) in [7, 11) is 0. The summed E-state index contributed by atoms with van der Waals surface area (Å²) in [5, 5.41) is 0. The highest BCUT2D eigenvalue weighted by Gasteiger charge is 2.26. The molecule has 1 aromatic rings. The summed E-state index contributed by atoms with van der Waals surface area (Å²) in [5.74, 6) is 8.24. The number of nitrogens with one attached hydrogen (secondary N) is 1. The van der Waals surface area contributed by atoms with Crippen LogP contribution in [-0.4, -0.2) is 16.1 Å². The highest BCUT2D eigenvalue weighted by Crippen LogP contribution is 2.32. The van der Waals surface area contributed by atoms with Crippen molar-refractivity contribution in [3.8, 4) is 5.88 Å². The number of hydrogen-bond acceptors (Lipinski definition) is 5. The van der Waals surface area contributed by atoms with Crippen LogP contribution in [0.5, 0.6) is 5.88 Å². The summed E-state index contributed by atoms with van der Waals surface area (Å²) in [6, 6.07) is 0. The van der Waals surface area contributed by atoms with Crippen LogP contribution in [0.2, 0.25) is 0 Å². The Kier molecular flexibility index (Phi) is 4.58. The predicted molar refractivity (Wildman–Crippen MR) is 75.8 cm³/mol. The van der Waals surface area contributed by atoms with Crippen LogP contribution >= 0.6 is 0 Å². The minimum absolute atomic E-state index is 0.254. The van der Waals surface area contributed by atoms with Crippen LogP contribution in [-0.2, 0) is 6.42 Å². The van der Waals surface area contributed by atoms with Crippen LogP contribution in [0.1, 0.15) is 45.6 Å². The number of rotatable bonds is 4. The van der Waals surface area contributed by atoms with Crippen molar-refractivity contribution in [2.75, 3.05) is 5.43 Å². The normalized spacial score (nSPS) is 27.1. The molecule has 1 aromatic heterocycles. The average Bonchev–Trinajstić information content (AvgIpc) is 2.37. The molecular weight excluding hydrogens is 240 g/mol. The highest BCUT2D eigenvalue weighted by atomic mass is 16.5. The summed E-state index contributed by atoms with van der Waals surface area (Å²) < 4.78 is 6.11. The van der Waals surface area contributed by atoms with Crippen molar-refractivity contribution >= 4 is 5.82 Å². The lowest BCUT2D eigenvalue weighted by Gasteiger charge is -2.31. The first-order valence-corrected chi connectivity index (χ1v) is 7.11. The van der Waals surface area contributed by atoms with Gasteiger partial charge in [-0.1, -0.05) is 20.8 Å². The zero-order chi connectivity index (χ0) is 13.8. The van der Waals surface area contributed by atoms with Gasteiger partial charge in [-0.25, -0.2) is 15.8 Å². The Hall–Kier alpha value is -1.36. The standard InChI is InChI=1S/C14H24N4O/c1-4-12-13(18-15)16-8-17-14(12)19-11-6-9(2)5-10(3)7-11/h8-11H,4-7,15H2,1-3H3,(H,16,17,18). The van der Waals surface area contributed by atoms with Gasteiger partial charge in [0, 0.05) is 0 Å². The fourth-order valence-corrected chi connectivity index (χ4v) is 3.07. The van der Waals surface area contributed by atoms with Gasteiger partial charge in [-0.05, 0) is 37.5 Å². The average molecular weight is 264 g/mol. The van der Waals surface area contributed by atoms with Crippen molar-refractivity contribution in [2.24, 2.45) is 17.7 Å². The van der Waals surface area contributed by atoms with E-state index in [1.165, 1.54) is 12.7 Å². The number of aromatic nitrogens is 2. The van der Waals surface area contributed by atoms with Crippen molar-refractivity contribution in [1.82, 2.24) is 9.97 Å². The van der Waals surface area contributed by atoms with E-state index >= 15 is 0 Å². The molecular formula is C14H24N4O. The van der Waals surface area contributed by atoms with Gasteiger partial charge < -0.3 is 10.2 Å². The first-order valence-electron chi connectivity index (χ1n) is 7.11. The Morgan fingerprint density at radius 3 is 2.53 bits per heavy atom. The third kappa shape index (κ3) is 3.35. The van der Waals surface area contributed by atoms with Crippen LogP contribution in [0.3, 0.4) is 0 Å². The molecule has 5 nitrogen and oxygen atoms in total. The van der Waals surface area contributed by atoms with E-state index in [4.69, 9.17) is 10.6 Å². The van der Waals surface area contributed by atoms with Gasteiger partial charge in [-0.2, -0.15) is 0 Å². The van der Waals surface area contributed by atoms with Crippen molar-refractivity contribution in [3.63, 3.8) is 0 Å². The second kappa shape index (κ2) is 6.19. The minimum Gasteiger partial charge on any atom is -0.474 e. The summed E-state index contributed by atoms with van der Waals surface area (Å²) >= 11 is 0. The Labute approximate surface area is 114 Å². The lowest BCUT2D eigenvalue weighted by molar-refractivity contribution is 0.0956. The fraction of sp³-hybridized carbons (Fsp3) is 0.714. The zero-order valence-electron chi connectivity index (χ0n) is 12.0. The first-order chi connectivity index (χ1) is 9.13. The van der Waals surface area contributed by atoms with E-state index in [1.54, 1.807) is 0 Å². The van der Waals surface area contributed by atoms with Crippen molar-refractivity contribution < 1.29 is 4.74 Å². The molecule has 0 spiro atoms. The number of anilines is 1. The van der Waals surface area contributed by atoms with Crippen molar-refractivity contribution in [2.45, 2.75) is 52.6 Å². The first kappa shape index (κ1) is 14.1. The molecule has 3 N–H and O–H groups in total. The van der Waals surface area contributed by atoms with Gasteiger partial charge in [-0.3, -0.25) is 0 Å². The third-order valence-electron chi connectivity index (χ3n) is 3.81. The summed E-state index contributed by atoms with van der Waals surface area (Å²) in [6.07, 6.45) is 6.04. The van der Waals surface area contributed by atoms with Gasteiger partial charge in [0.1, 0.15) is 18.2 Å². The van der Waals surface area contributed by atoms with Crippen molar-refractivity contribution in [1.29, 1.82) is 0 Å². The van der Waals surface area contributed by atoms with E-state index in [0.717, 1.165) is 24.8 Å². The van der Waals surface area contributed by atoms with Crippen LogP contribution in [0.15, 0.2) is 6.33 Å². The highest BCUT2D eigenvalue weighted by molar-refractivity contribution is 5.47. The number of ether oxygens (including phenoxy) is 1. The summed E-state index contributed by atoms with van der Waals surface area (Å²) in [4.78, 5) is 8.40. The van der Waals surface area contributed by atoms with E-state index in [1.807, 2.05) is 0 Å². The van der Waals surface area contributed by atoms with Gasteiger partial charge in [0.2, 0.25) is 5.88 Å². The molecule has 2 rings (SSSR count). The van der Waals surface area contributed by atoms with E-state index in [2.05, 4.69) is 36.2 Å². The SMILES string of the molecule is CCc1c(NN)ncnc1OC1CC(C)CC(C)C1. The molecule has 0 radical (unpaired) electrons. The maximum atomic E-state index is 6.11. The molecule has 19 heavy (non-hydrogen) atoms. The van der Waals surface area contributed by atoms with Gasteiger partial charge in [0.05, 0.1) is 5.56 Å². The second-order valence-corrected chi connectivity index (χ2v) is 5.66. The second-order valence-electron chi connectivity index (χ2n) is 5.66. The van der Waals surface area contributed by atoms with E-state index < -0.39 is 0 Å². The Morgan fingerprint density at radius 2 is 1.95 bits per heavy atom. The number of nitrogens with zero attached hydrogens (tertiary/aromatic N) is 2.